The predicted octanol–water partition coefficient (Wildman–Crippen LogP) is 2.49. The number of rotatable bonds is 6. The molecule has 0 radical (unpaired) electrons. The van der Waals surface area contributed by atoms with Crippen LogP contribution in [0, 0.1) is 11.6 Å². The maximum atomic E-state index is 13.5. The van der Waals surface area contributed by atoms with Gasteiger partial charge in [-0.25, -0.2) is 21.9 Å². The van der Waals surface area contributed by atoms with Crippen LogP contribution in [0.2, 0.25) is 0 Å². The largest absolute Gasteiger partial charge is 0.497 e. The SMILES string of the molecule is COc1ccc(CCNS(=O)(=O)c2ccc(F)cc2F)cc1. The van der Waals surface area contributed by atoms with Gasteiger partial charge < -0.3 is 4.74 Å². The second-order valence-electron chi connectivity index (χ2n) is 4.57. The molecule has 0 unspecified atom stereocenters. The van der Waals surface area contributed by atoms with Gasteiger partial charge in [0.25, 0.3) is 0 Å². The average molecular weight is 327 g/mol. The van der Waals surface area contributed by atoms with Gasteiger partial charge in [0.1, 0.15) is 22.3 Å². The number of sulfonamides is 1. The molecule has 0 spiro atoms. The van der Waals surface area contributed by atoms with Gasteiger partial charge in [-0.15, -0.1) is 0 Å². The van der Waals surface area contributed by atoms with Crippen molar-refractivity contribution in [3.8, 4) is 5.75 Å². The van der Waals surface area contributed by atoms with Crippen molar-refractivity contribution in [3.63, 3.8) is 0 Å². The van der Waals surface area contributed by atoms with Crippen LogP contribution in [0.3, 0.4) is 0 Å². The highest BCUT2D eigenvalue weighted by molar-refractivity contribution is 7.89. The fraction of sp³-hybridized carbons (Fsp3) is 0.200. The number of methoxy groups -OCH3 is 1. The Balaban J connectivity index is 2.00. The highest BCUT2D eigenvalue weighted by Crippen LogP contribution is 2.15. The first-order chi connectivity index (χ1) is 10.4. The predicted molar refractivity (Wildman–Crippen MR) is 78.2 cm³/mol. The van der Waals surface area contributed by atoms with Crippen LogP contribution in [-0.2, 0) is 16.4 Å². The van der Waals surface area contributed by atoms with Gasteiger partial charge in [0.2, 0.25) is 10.0 Å². The van der Waals surface area contributed by atoms with E-state index in [4.69, 9.17) is 4.74 Å². The van der Waals surface area contributed by atoms with E-state index in [-0.39, 0.29) is 6.54 Å². The monoisotopic (exact) mass is 327 g/mol. The molecule has 2 aromatic rings. The first kappa shape index (κ1) is 16.4. The van der Waals surface area contributed by atoms with Crippen molar-refractivity contribution in [3.05, 3.63) is 59.7 Å². The third-order valence-corrected chi connectivity index (χ3v) is 4.54. The van der Waals surface area contributed by atoms with Gasteiger partial charge in [0.15, 0.2) is 0 Å². The lowest BCUT2D eigenvalue weighted by atomic mass is 10.1. The zero-order valence-electron chi connectivity index (χ0n) is 11.8. The molecule has 118 valence electrons. The highest BCUT2D eigenvalue weighted by Gasteiger charge is 2.18. The van der Waals surface area contributed by atoms with E-state index in [1.165, 1.54) is 0 Å². The van der Waals surface area contributed by atoms with Gasteiger partial charge in [-0.3, -0.25) is 0 Å². The van der Waals surface area contributed by atoms with Gasteiger partial charge in [-0.2, -0.15) is 0 Å². The van der Waals surface area contributed by atoms with Crippen LogP contribution in [0.1, 0.15) is 5.56 Å². The quantitative estimate of drug-likeness (QED) is 0.887. The summed E-state index contributed by atoms with van der Waals surface area (Å²) >= 11 is 0. The Morgan fingerprint density at radius 3 is 2.36 bits per heavy atom. The number of nitrogens with one attached hydrogen (secondary N) is 1. The molecule has 0 aliphatic heterocycles. The second-order valence-corrected chi connectivity index (χ2v) is 6.31. The lowest BCUT2D eigenvalue weighted by Crippen LogP contribution is -2.26. The van der Waals surface area contributed by atoms with Gasteiger partial charge in [0, 0.05) is 12.6 Å². The number of hydrogen-bond acceptors (Lipinski definition) is 3. The Hall–Kier alpha value is -1.99. The molecular weight excluding hydrogens is 312 g/mol. The lowest BCUT2D eigenvalue weighted by molar-refractivity contribution is 0.414. The van der Waals surface area contributed by atoms with E-state index in [0.29, 0.717) is 18.2 Å². The molecule has 0 saturated carbocycles. The molecule has 0 aliphatic rings. The number of hydrogen-bond donors (Lipinski definition) is 1. The van der Waals surface area contributed by atoms with Crippen LogP contribution in [0.15, 0.2) is 47.4 Å². The minimum Gasteiger partial charge on any atom is -0.497 e. The average Bonchev–Trinajstić information content (AvgIpc) is 2.47. The molecule has 0 heterocycles. The zero-order chi connectivity index (χ0) is 16.2. The van der Waals surface area contributed by atoms with Crippen molar-refractivity contribution < 1.29 is 21.9 Å². The van der Waals surface area contributed by atoms with E-state index in [2.05, 4.69) is 4.72 Å². The van der Waals surface area contributed by atoms with Crippen molar-refractivity contribution in [1.29, 1.82) is 0 Å². The number of ether oxygens (including phenoxy) is 1. The second kappa shape index (κ2) is 6.85. The van der Waals surface area contributed by atoms with E-state index >= 15 is 0 Å². The molecule has 0 saturated heterocycles. The Labute approximate surface area is 127 Å². The summed E-state index contributed by atoms with van der Waals surface area (Å²) in [5.41, 5.74) is 0.906. The number of halogens is 2. The molecule has 22 heavy (non-hydrogen) atoms. The van der Waals surface area contributed by atoms with E-state index in [1.54, 1.807) is 19.2 Å². The highest BCUT2D eigenvalue weighted by atomic mass is 32.2. The molecule has 0 fully saturated rings. The smallest absolute Gasteiger partial charge is 0.243 e. The summed E-state index contributed by atoms with van der Waals surface area (Å²) in [5, 5.41) is 0. The van der Waals surface area contributed by atoms with Crippen LogP contribution in [0.25, 0.3) is 0 Å². The van der Waals surface area contributed by atoms with Crippen LogP contribution in [0.4, 0.5) is 8.78 Å². The normalized spacial score (nSPS) is 11.4. The molecule has 0 amide bonds. The first-order valence-corrected chi connectivity index (χ1v) is 7.98. The lowest BCUT2D eigenvalue weighted by Gasteiger charge is -2.08. The first-order valence-electron chi connectivity index (χ1n) is 6.50. The van der Waals surface area contributed by atoms with Crippen molar-refractivity contribution in [2.24, 2.45) is 0 Å². The Kier molecular flexibility index (Phi) is 5.10. The van der Waals surface area contributed by atoms with E-state index in [0.717, 1.165) is 17.7 Å². The van der Waals surface area contributed by atoms with Gasteiger partial charge >= 0.3 is 0 Å². The van der Waals surface area contributed by atoms with Crippen molar-refractivity contribution >= 4 is 10.0 Å². The number of benzene rings is 2. The molecule has 0 bridgehead atoms. The van der Waals surface area contributed by atoms with Gasteiger partial charge in [0.05, 0.1) is 7.11 Å². The third kappa shape index (κ3) is 4.02. The Morgan fingerprint density at radius 1 is 1.09 bits per heavy atom. The summed E-state index contributed by atoms with van der Waals surface area (Å²) in [4.78, 5) is -0.566. The summed E-state index contributed by atoms with van der Waals surface area (Å²) in [7, 11) is -2.45. The molecular formula is C15H15F2NO3S. The molecule has 4 nitrogen and oxygen atoms in total. The standard InChI is InChI=1S/C15H15F2NO3S/c1-21-13-5-2-11(3-6-13)8-9-18-22(19,20)15-7-4-12(16)10-14(15)17/h2-7,10,18H,8-9H2,1H3. The third-order valence-electron chi connectivity index (χ3n) is 3.05. The topological polar surface area (TPSA) is 55.4 Å². The van der Waals surface area contributed by atoms with Crippen LogP contribution in [-0.4, -0.2) is 22.1 Å². The van der Waals surface area contributed by atoms with E-state index < -0.39 is 26.6 Å². The van der Waals surface area contributed by atoms with Crippen LogP contribution >= 0.6 is 0 Å². The van der Waals surface area contributed by atoms with Gasteiger partial charge in [-0.1, -0.05) is 12.1 Å². The van der Waals surface area contributed by atoms with Gasteiger partial charge in [-0.05, 0) is 36.2 Å². The molecule has 0 aromatic heterocycles. The van der Waals surface area contributed by atoms with Crippen molar-refractivity contribution in [1.82, 2.24) is 4.72 Å². The molecule has 0 aliphatic carbocycles. The summed E-state index contributed by atoms with van der Waals surface area (Å²) in [5.74, 6) is -1.23. The summed E-state index contributed by atoms with van der Waals surface area (Å²) in [6, 6.07) is 9.50. The van der Waals surface area contributed by atoms with Crippen LogP contribution in [0.5, 0.6) is 5.75 Å². The zero-order valence-corrected chi connectivity index (χ0v) is 12.7. The fourth-order valence-electron chi connectivity index (χ4n) is 1.89. The molecule has 2 aromatic carbocycles. The Bertz CT molecular complexity index is 746. The minimum atomic E-state index is -4.01. The van der Waals surface area contributed by atoms with E-state index in [9.17, 15) is 17.2 Å². The van der Waals surface area contributed by atoms with Crippen molar-refractivity contribution in [2.75, 3.05) is 13.7 Å². The maximum Gasteiger partial charge on any atom is 0.243 e. The molecule has 1 N–H and O–H groups in total. The Morgan fingerprint density at radius 2 is 1.77 bits per heavy atom. The molecule has 0 atom stereocenters. The van der Waals surface area contributed by atoms with Crippen LogP contribution < -0.4 is 9.46 Å². The summed E-state index contributed by atoms with van der Waals surface area (Å²) < 4.78 is 57.6. The molecule has 7 heteroatoms. The van der Waals surface area contributed by atoms with Crippen molar-refractivity contribution in [2.45, 2.75) is 11.3 Å². The fourth-order valence-corrected chi connectivity index (χ4v) is 2.98. The van der Waals surface area contributed by atoms with E-state index in [1.807, 2.05) is 12.1 Å². The minimum absolute atomic E-state index is 0.103. The maximum absolute atomic E-state index is 13.5. The summed E-state index contributed by atoms with van der Waals surface area (Å²) in [6.07, 6.45) is 0.437. The molecule has 2 rings (SSSR count). The summed E-state index contributed by atoms with van der Waals surface area (Å²) in [6.45, 7) is 0.103.